The summed E-state index contributed by atoms with van der Waals surface area (Å²) in [6.45, 7) is 0. The molecule has 4 fully saturated rings. The molecule has 1 aromatic rings. The summed E-state index contributed by atoms with van der Waals surface area (Å²) >= 11 is 6.69. The maximum atomic E-state index is 12.9. The largest absolute Gasteiger partial charge is 0.471 e. The maximum absolute atomic E-state index is 12.9. The molecule has 6 atom stereocenters. The van der Waals surface area contributed by atoms with E-state index in [0.29, 0.717) is 30.7 Å². The Hall–Kier alpha value is -1.27. The van der Waals surface area contributed by atoms with Gasteiger partial charge in [-0.25, -0.2) is 0 Å². The molecular formula is C19H21ClF3NO2. The van der Waals surface area contributed by atoms with Gasteiger partial charge in [-0.1, -0.05) is 30.3 Å². The zero-order chi connectivity index (χ0) is 18.7. The number of rotatable bonds is 3. The molecule has 4 bridgehead atoms. The van der Waals surface area contributed by atoms with E-state index in [1.807, 2.05) is 0 Å². The summed E-state index contributed by atoms with van der Waals surface area (Å²) in [5.74, 6) is -2.14. The molecule has 1 unspecified atom stereocenters. The third kappa shape index (κ3) is 3.01. The SMILES string of the molecule is O=C(N[C@@H](c1ccccc1)[C@H]1C2C[C@H]3C[C@](Cl)(C2)C[C@@]1(O)C3)C(F)(F)F. The summed E-state index contributed by atoms with van der Waals surface area (Å²) in [5.41, 5.74) is -0.565. The van der Waals surface area contributed by atoms with Crippen molar-refractivity contribution >= 4 is 17.5 Å². The first-order chi connectivity index (χ1) is 12.1. The second-order valence-corrected chi connectivity index (χ2v) is 9.09. The first-order valence-corrected chi connectivity index (χ1v) is 9.31. The quantitative estimate of drug-likeness (QED) is 0.771. The minimum absolute atomic E-state index is 0.00232. The van der Waals surface area contributed by atoms with E-state index in [0.717, 1.165) is 12.8 Å². The molecule has 1 amide bonds. The number of halogens is 4. The highest BCUT2D eigenvalue weighted by molar-refractivity contribution is 6.24. The summed E-state index contributed by atoms with van der Waals surface area (Å²) in [7, 11) is 0. The molecule has 0 radical (unpaired) electrons. The topological polar surface area (TPSA) is 49.3 Å². The molecule has 1 aromatic carbocycles. The van der Waals surface area contributed by atoms with Crippen molar-refractivity contribution in [2.24, 2.45) is 17.8 Å². The number of aliphatic hydroxyl groups is 1. The molecule has 26 heavy (non-hydrogen) atoms. The smallest absolute Gasteiger partial charge is 0.389 e. The standard InChI is InChI=1S/C19H21ClF3NO2/c20-17-7-11-6-13(9-17)14(18(26,8-11)10-17)15(12-4-2-1-3-5-12)24-16(25)19(21,22)23/h1-5,11,13-15,26H,6-10H2,(H,24,25)/t11-,13?,14+,15-,17-,18-/m0/s1. The van der Waals surface area contributed by atoms with Crippen molar-refractivity contribution in [3.05, 3.63) is 35.9 Å². The average molecular weight is 388 g/mol. The van der Waals surface area contributed by atoms with Gasteiger partial charge in [0, 0.05) is 10.8 Å². The second-order valence-electron chi connectivity index (χ2n) is 8.29. The van der Waals surface area contributed by atoms with Crippen molar-refractivity contribution in [2.45, 2.75) is 54.8 Å². The normalized spacial score (nSPS) is 39.7. The summed E-state index contributed by atoms with van der Waals surface area (Å²) in [4.78, 5) is 11.2. The van der Waals surface area contributed by atoms with Crippen LogP contribution in [0.5, 0.6) is 0 Å². The van der Waals surface area contributed by atoms with Gasteiger partial charge in [-0.2, -0.15) is 13.2 Å². The Kier molecular flexibility index (Phi) is 4.08. The minimum Gasteiger partial charge on any atom is -0.389 e. The summed E-state index contributed by atoms with van der Waals surface area (Å²) < 4.78 is 38.7. The number of amides is 1. The van der Waals surface area contributed by atoms with Crippen molar-refractivity contribution in [3.63, 3.8) is 0 Å². The number of nitrogens with one attached hydrogen (secondary N) is 1. The lowest BCUT2D eigenvalue weighted by Crippen LogP contribution is -2.65. The third-order valence-corrected chi connectivity index (χ3v) is 6.82. The van der Waals surface area contributed by atoms with Gasteiger partial charge in [0.1, 0.15) is 0 Å². The zero-order valence-electron chi connectivity index (χ0n) is 14.1. The Morgan fingerprint density at radius 3 is 2.50 bits per heavy atom. The van der Waals surface area contributed by atoms with Gasteiger partial charge < -0.3 is 10.4 Å². The molecule has 0 aliphatic heterocycles. The lowest BCUT2D eigenvalue weighted by Gasteiger charge is -2.63. The fraction of sp³-hybridized carbons (Fsp3) is 0.632. The second kappa shape index (κ2) is 5.86. The fourth-order valence-electron chi connectivity index (χ4n) is 5.90. The molecule has 4 aliphatic rings. The van der Waals surface area contributed by atoms with Gasteiger partial charge in [0.15, 0.2) is 0 Å². The van der Waals surface area contributed by atoms with Crippen molar-refractivity contribution in [3.8, 4) is 0 Å². The number of carbonyl (C=O) groups is 1. The van der Waals surface area contributed by atoms with Gasteiger partial charge in [0.05, 0.1) is 11.6 Å². The van der Waals surface area contributed by atoms with E-state index in [4.69, 9.17) is 11.6 Å². The van der Waals surface area contributed by atoms with Gasteiger partial charge in [-0.3, -0.25) is 4.79 Å². The van der Waals surface area contributed by atoms with E-state index < -0.39 is 34.5 Å². The van der Waals surface area contributed by atoms with Crippen LogP contribution in [0.25, 0.3) is 0 Å². The van der Waals surface area contributed by atoms with Crippen LogP contribution >= 0.6 is 11.6 Å². The van der Waals surface area contributed by atoms with Gasteiger partial charge in [-0.05, 0) is 49.5 Å². The Morgan fingerprint density at radius 1 is 1.23 bits per heavy atom. The van der Waals surface area contributed by atoms with E-state index >= 15 is 0 Å². The molecule has 0 saturated heterocycles. The Bertz CT molecular complexity index is 712. The van der Waals surface area contributed by atoms with Gasteiger partial charge >= 0.3 is 12.1 Å². The van der Waals surface area contributed by atoms with Gasteiger partial charge in [-0.15, -0.1) is 11.6 Å². The zero-order valence-corrected chi connectivity index (χ0v) is 14.9. The van der Waals surface area contributed by atoms with E-state index in [-0.39, 0.29) is 5.92 Å². The summed E-state index contributed by atoms with van der Waals surface area (Å²) in [6, 6.07) is 7.74. The van der Waals surface area contributed by atoms with Gasteiger partial charge in [0.2, 0.25) is 0 Å². The third-order valence-electron chi connectivity index (χ3n) is 6.37. The van der Waals surface area contributed by atoms with Crippen molar-refractivity contribution < 1.29 is 23.1 Å². The van der Waals surface area contributed by atoms with Crippen LogP contribution in [0.4, 0.5) is 13.2 Å². The highest BCUT2D eigenvalue weighted by atomic mass is 35.5. The first-order valence-electron chi connectivity index (χ1n) is 8.94. The predicted octanol–water partition coefficient (Wildman–Crippen LogP) is 3.95. The minimum atomic E-state index is -4.96. The van der Waals surface area contributed by atoms with Crippen LogP contribution in [0.3, 0.4) is 0 Å². The molecule has 0 aromatic heterocycles. The van der Waals surface area contributed by atoms with E-state index in [9.17, 15) is 23.1 Å². The van der Waals surface area contributed by atoms with Crippen molar-refractivity contribution in [1.29, 1.82) is 0 Å². The van der Waals surface area contributed by atoms with Crippen LogP contribution in [-0.2, 0) is 4.79 Å². The fourth-order valence-corrected chi connectivity index (χ4v) is 6.55. The molecule has 2 N–H and O–H groups in total. The molecule has 3 nitrogen and oxygen atoms in total. The molecule has 7 heteroatoms. The van der Waals surface area contributed by atoms with Crippen LogP contribution in [-0.4, -0.2) is 27.7 Å². The van der Waals surface area contributed by atoms with Gasteiger partial charge in [0.25, 0.3) is 0 Å². The van der Waals surface area contributed by atoms with Crippen molar-refractivity contribution in [1.82, 2.24) is 5.32 Å². The Labute approximate surface area is 154 Å². The van der Waals surface area contributed by atoms with E-state index in [1.54, 1.807) is 30.3 Å². The van der Waals surface area contributed by atoms with Crippen molar-refractivity contribution in [2.75, 3.05) is 0 Å². The molecule has 4 aliphatic carbocycles. The number of hydrogen-bond donors (Lipinski definition) is 2. The molecule has 0 heterocycles. The molecule has 142 valence electrons. The number of hydrogen-bond acceptors (Lipinski definition) is 2. The highest BCUT2D eigenvalue weighted by Gasteiger charge is 2.63. The number of carbonyl (C=O) groups excluding carboxylic acids is 1. The van der Waals surface area contributed by atoms with E-state index in [2.05, 4.69) is 5.32 Å². The number of benzene rings is 1. The highest BCUT2D eigenvalue weighted by Crippen LogP contribution is 2.64. The average Bonchev–Trinajstić information content (AvgIpc) is 2.50. The summed E-state index contributed by atoms with van der Waals surface area (Å²) in [5, 5.41) is 13.5. The maximum Gasteiger partial charge on any atom is 0.471 e. The molecule has 5 rings (SSSR count). The lowest BCUT2D eigenvalue weighted by molar-refractivity contribution is -0.187. The van der Waals surface area contributed by atoms with Crippen LogP contribution in [0.15, 0.2) is 30.3 Å². The molecule has 0 spiro atoms. The summed E-state index contributed by atoms with van der Waals surface area (Å²) in [6.07, 6.45) is -1.70. The lowest BCUT2D eigenvalue weighted by atomic mass is 9.47. The van der Waals surface area contributed by atoms with Crippen LogP contribution in [0.2, 0.25) is 0 Å². The van der Waals surface area contributed by atoms with Crippen LogP contribution in [0, 0.1) is 17.8 Å². The molecular weight excluding hydrogens is 367 g/mol. The monoisotopic (exact) mass is 387 g/mol. The molecule has 4 saturated carbocycles. The Balaban J connectivity index is 1.71. The van der Waals surface area contributed by atoms with E-state index in [1.165, 1.54) is 0 Å². The van der Waals surface area contributed by atoms with Crippen LogP contribution < -0.4 is 5.32 Å². The first kappa shape index (κ1) is 18.1. The Morgan fingerprint density at radius 2 is 1.92 bits per heavy atom. The van der Waals surface area contributed by atoms with Crippen LogP contribution in [0.1, 0.15) is 43.7 Å². The predicted molar refractivity (Wildman–Crippen MR) is 90.5 cm³/mol. The number of alkyl halides is 4.